The Hall–Kier alpha value is -2.84. The number of carbonyl (C=O) groups is 2. The summed E-state index contributed by atoms with van der Waals surface area (Å²) >= 11 is 7.60. The van der Waals surface area contributed by atoms with Crippen molar-refractivity contribution in [3.63, 3.8) is 0 Å². The molecule has 2 amide bonds. The molecule has 0 bridgehead atoms. The average molecular weight is 484 g/mol. The predicted molar refractivity (Wildman–Crippen MR) is 129 cm³/mol. The Morgan fingerprint density at radius 2 is 1.91 bits per heavy atom. The summed E-state index contributed by atoms with van der Waals surface area (Å²) in [6.07, 6.45) is 2.97. The number of carbonyl (C=O) groups excluding carboxylic acids is 2. The molecule has 4 rings (SSSR count). The van der Waals surface area contributed by atoms with Crippen LogP contribution in [0.5, 0.6) is 0 Å². The van der Waals surface area contributed by atoms with Crippen LogP contribution < -0.4 is 5.32 Å². The van der Waals surface area contributed by atoms with Crippen LogP contribution in [0.4, 0.5) is 0 Å². The molecule has 9 heteroatoms. The molecule has 172 valence electrons. The maximum atomic E-state index is 12.8. The van der Waals surface area contributed by atoms with Crippen molar-refractivity contribution in [3.05, 3.63) is 71.0 Å². The van der Waals surface area contributed by atoms with E-state index in [1.54, 1.807) is 6.33 Å². The van der Waals surface area contributed by atoms with Gasteiger partial charge in [-0.15, -0.1) is 10.2 Å². The van der Waals surface area contributed by atoms with Gasteiger partial charge in [0.2, 0.25) is 11.8 Å². The minimum atomic E-state index is -0.0557. The Labute approximate surface area is 202 Å². The summed E-state index contributed by atoms with van der Waals surface area (Å²) in [4.78, 5) is 27.1. The van der Waals surface area contributed by atoms with Crippen LogP contribution in [0.2, 0.25) is 5.02 Å². The van der Waals surface area contributed by atoms with Crippen molar-refractivity contribution in [2.45, 2.75) is 31.5 Å². The molecule has 33 heavy (non-hydrogen) atoms. The second kappa shape index (κ2) is 10.9. The van der Waals surface area contributed by atoms with Crippen molar-refractivity contribution in [1.82, 2.24) is 25.0 Å². The first-order valence-electron chi connectivity index (χ1n) is 10.9. The van der Waals surface area contributed by atoms with Crippen molar-refractivity contribution in [2.75, 3.05) is 18.8 Å². The summed E-state index contributed by atoms with van der Waals surface area (Å²) in [5.74, 6) is 0.313. The van der Waals surface area contributed by atoms with Gasteiger partial charge < -0.3 is 10.2 Å². The third-order valence-corrected chi connectivity index (χ3v) is 7.14. The van der Waals surface area contributed by atoms with Gasteiger partial charge in [-0.05, 0) is 43.0 Å². The van der Waals surface area contributed by atoms with Gasteiger partial charge >= 0.3 is 0 Å². The fraction of sp³-hybridized carbons (Fsp3) is 0.333. The van der Waals surface area contributed by atoms with Crippen LogP contribution in [-0.4, -0.2) is 50.3 Å². The third kappa shape index (κ3) is 5.94. The maximum absolute atomic E-state index is 12.8. The molecule has 0 aliphatic carbocycles. The number of thioether (sulfide) groups is 1. The minimum absolute atomic E-state index is 0.0413. The van der Waals surface area contributed by atoms with Crippen molar-refractivity contribution in [3.8, 4) is 5.69 Å². The number of aryl methyl sites for hydroxylation is 1. The van der Waals surface area contributed by atoms with E-state index in [-0.39, 0.29) is 23.5 Å². The highest BCUT2D eigenvalue weighted by Gasteiger charge is 2.27. The Balaban J connectivity index is 1.25. The van der Waals surface area contributed by atoms with Crippen molar-refractivity contribution < 1.29 is 9.59 Å². The molecule has 2 heterocycles. The van der Waals surface area contributed by atoms with E-state index in [9.17, 15) is 9.59 Å². The number of nitrogens with one attached hydrogen (secondary N) is 1. The SMILES string of the molecule is Cc1ccc(-n2cnnc2SCC(=O)N2CCC(C(=O)NCc3ccccc3)CC2)cc1Cl. The first kappa shape index (κ1) is 23.3. The van der Waals surface area contributed by atoms with Gasteiger partial charge in [-0.2, -0.15) is 0 Å². The van der Waals surface area contributed by atoms with Crippen LogP contribution in [0.3, 0.4) is 0 Å². The number of hydrogen-bond donors (Lipinski definition) is 1. The number of benzene rings is 2. The Morgan fingerprint density at radius 1 is 1.15 bits per heavy atom. The van der Waals surface area contributed by atoms with E-state index in [1.165, 1.54) is 11.8 Å². The Bertz CT molecular complexity index is 1110. The van der Waals surface area contributed by atoms with Crippen LogP contribution in [0.1, 0.15) is 24.0 Å². The summed E-state index contributed by atoms with van der Waals surface area (Å²) < 4.78 is 1.83. The van der Waals surface area contributed by atoms with Crippen molar-refractivity contribution in [2.24, 2.45) is 5.92 Å². The van der Waals surface area contributed by atoms with Crippen LogP contribution in [-0.2, 0) is 16.1 Å². The first-order valence-corrected chi connectivity index (χ1v) is 12.3. The summed E-state index contributed by atoms with van der Waals surface area (Å²) in [6.45, 7) is 3.65. The molecule has 7 nitrogen and oxygen atoms in total. The number of halogens is 1. The van der Waals surface area contributed by atoms with Gasteiger partial charge in [-0.1, -0.05) is 59.8 Å². The summed E-state index contributed by atoms with van der Waals surface area (Å²) in [7, 11) is 0. The molecule has 1 aromatic heterocycles. The molecule has 1 aliphatic rings. The molecule has 0 unspecified atom stereocenters. The van der Waals surface area contributed by atoms with Gasteiger partial charge in [0.15, 0.2) is 5.16 Å². The molecule has 1 aliphatic heterocycles. The quantitative estimate of drug-likeness (QED) is 0.516. The number of amides is 2. The van der Waals surface area contributed by atoms with Gasteiger partial charge in [-0.3, -0.25) is 14.2 Å². The lowest BCUT2D eigenvalue weighted by atomic mass is 9.96. The zero-order valence-corrected chi connectivity index (χ0v) is 20.0. The van der Waals surface area contributed by atoms with Crippen LogP contribution in [0, 0.1) is 12.8 Å². The van der Waals surface area contributed by atoms with E-state index in [4.69, 9.17) is 11.6 Å². The van der Waals surface area contributed by atoms with Gasteiger partial charge in [0.1, 0.15) is 6.33 Å². The lowest BCUT2D eigenvalue weighted by Crippen LogP contribution is -2.43. The lowest BCUT2D eigenvalue weighted by Gasteiger charge is -2.31. The second-order valence-electron chi connectivity index (χ2n) is 8.06. The zero-order valence-electron chi connectivity index (χ0n) is 18.4. The molecule has 0 radical (unpaired) electrons. The van der Waals surface area contributed by atoms with E-state index in [0.29, 0.717) is 42.7 Å². The summed E-state index contributed by atoms with van der Waals surface area (Å²) in [5.41, 5.74) is 2.93. The van der Waals surface area contributed by atoms with Crippen LogP contribution in [0.15, 0.2) is 60.0 Å². The fourth-order valence-electron chi connectivity index (χ4n) is 3.77. The van der Waals surface area contributed by atoms with Crippen molar-refractivity contribution >= 4 is 35.2 Å². The molecule has 0 spiro atoms. The topological polar surface area (TPSA) is 80.1 Å². The summed E-state index contributed by atoms with van der Waals surface area (Å²) in [6, 6.07) is 15.6. The molecule has 1 saturated heterocycles. The van der Waals surface area contributed by atoms with E-state index >= 15 is 0 Å². The predicted octanol–water partition coefficient (Wildman–Crippen LogP) is 3.88. The molecule has 3 aromatic rings. The monoisotopic (exact) mass is 483 g/mol. The van der Waals surface area contributed by atoms with E-state index in [2.05, 4.69) is 15.5 Å². The highest BCUT2D eigenvalue weighted by Crippen LogP contribution is 2.25. The van der Waals surface area contributed by atoms with Crippen molar-refractivity contribution in [1.29, 1.82) is 0 Å². The Morgan fingerprint density at radius 3 is 2.64 bits per heavy atom. The van der Waals surface area contributed by atoms with E-state index in [0.717, 1.165) is 16.8 Å². The van der Waals surface area contributed by atoms with E-state index in [1.807, 2.05) is 64.9 Å². The van der Waals surface area contributed by atoms with Gasteiger partial charge in [0.05, 0.1) is 11.4 Å². The van der Waals surface area contributed by atoms with Gasteiger partial charge in [-0.25, -0.2) is 0 Å². The lowest BCUT2D eigenvalue weighted by molar-refractivity contribution is -0.133. The third-order valence-electron chi connectivity index (χ3n) is 5.80. The van der Waals surface area contributed by atoms with Crippen LogP contribution in [0.25, 0.3) is 5.69 Å². The number of piperidine rings is 1. The molecule has 2 aromatic carbocycles. The van der Waals surface area contributed by atoms with Gasteiger partial charge in [0.25, 0.3) is 0 Å². The van der Waals surface area contributed by atoms with E-state index < -0.39 is 0 Å². The molecule has 0 atom stereocenters. The Kier molecular flexibility index (Phi) is 7.67. The normalized spacial score (nSPS) is 14.3. The van der Waals surface area contributed by atoms with Gasteiger partial charge in [0, 0.05) is 30.6 Å². The highest BCUT2D eigenvalue weighted by atomic mass is 35.5. The standard InChI is InChI=1S/C24H26ClN5O2S/c1-17-7-8-20(13-21(17)25)30-16-27-28-24(30)33-15-22(31)29-11-9-19(10-12-29)23(32)26-14-18-5-3-2-4-6-18/h2-8,13,16,19H,9-12,14-15H2,1H3,(H,26,32). The molecular weight excluding hydrogens is 458 g/mol. The average Bonchev–Trinajstić information content (AvgIpc) is 3.32. The number of nitrogens with zero attached hydrogens (tertiary/aromatic N) is 4. The molecule has 1 fully saturated rings. The molecule has 0 saturated carbocycles. The maximum Gasteiger partial charge on any atom is 0.233 e. The largest absolute Gasteiger partial charge is 0.352 e. The molecular formula is C24H26ClN5O2S. The minimum Gasteiger partial charge on any atom is -0.352 e. The first-order chi connectivity index (χ1) is 16.0. The number of likely N-dealkylation sites (tertiary alicyclic amines) is 1. The second-order valence-corrected chi connectivity index (χ2v) is 9.41. The molecule has 1 N–H and O–H groups in total. The van der Waals surface area contributed by atoms with Crippen LogP contribution >= 0.6 is 23.4 Å². The highest BCUT2D eigenvalue weighted by molar-refractivity contribution is 7.99. The zero-order chi connectivity index (χ0) is 23.2. The fourth-order valence-corrected chi connectivity index (χ4v) is 4.78. The number of rotatable bonds is 7. The number of hydrogen-bond acceptors (Lipinski definition) is 5. The summed E-state index contributed by atoms with van der Waals surface area (Å²) in [5, 5.41) is 12.5. The number of aromatic nitrogens is 3. The smallest absolute Gasteiger partial charge is 0.233 e.